The third-order valence-electron chi connectivity index (χ3n) is 3.13. The van der Waals surface area contributed by atoms with Crippen molar-refractivity contribution in [2.75, 3.05) is 19.4 Å². The maximum Gasteiger partial charge on any atom is 0.255 e. The number of hydrogen-bond acceptors (Lipinski definition) is 3. The van der Waals surface area contributed by atoms with Crippen molar-refractivity contribution < 1.29 is 22.0 Å². The van der Waals surface area contributed by atoms with Gasteiger partial charge in [0.1, 0.15) is 16.5 Å². The summed E-state index contributed by atoms with van der Waals surface area (Å²) in [6.45, 7) is 0. The Bertz CT molecular complexity index is 902. The highest BCUT2D eigenvalue weighted by atomic mass is 35.5. The molecule has 0 aliphatic heterocycles. The Balaban J connectivity index is 2.37. The molecule has 1 N–H and O–H groups in total. The van der Waals surface area contributed by atoms with Gasteiger partial charge in [0.2, 0.25) is 10.0 Å². The van der Waals surface area contributed by atoms with Crippen molar-refractivity contribution in [1.29, 1.82) is 0 Å². The highest BCUT2D eigenvalue weighted by molar-refractivity contribution is 7.89. The first-order chi connectivity index (χ1) is 11.1. The van der Waals surface area contributed by atoms with Crippen LogP contribution in [0.25, 0.3) is 0 Å². The Morgan fingerprint density at radius 2 is 1.79 bits per heavy atom. The molecule has 0 fully saturated rings. The number of halogens is 3. The molecule has 2 rings (SSSR count). The minimum Gasteiger partial charge on any atom is -0.321 e. The first-order valence-electron chi connectivity index (χ1n) is 6.61. The molecule has 2 aromatic carbocycles. The fourth-order valence-corrected chi connectivity index (χ4v) is 3.02. The quantitative estimate of drug-likeness (QED) is 0.894. The molecule has 1 amide bonds. The minimum atomic E-state index is -4.05. The second kappa shape index (κ2) is 6.84. The van der Waals surface area contributed by atoms with E-state index in [4.69, 9.17) is 11.6 Å². The van der Waals surface area contributed by atoms with Gasteiger partial charge >= 0.3 is 0 Å². The van der Waals surface area contributed by atoms with Crippen molar-refractivity contribution in [3.05, 3.63) is 58.6 Å². The summed E-state index contributed by atoms with van der Waals surface area (Å²) in [7, 11) is -1.55. The summed E-state index contributed by atoms with van der Waals surface area (Å²) in [6, 6.07) is 6.33. The van der Waals surface area contributed by atoms with E-state index in [0.29, 0.717) is 0 Å². The summed E-state index contributed by atoms with van der Waals surface area (Å²) in [5.74, 6) is -2.25. The number of anilines is 1. The van der Waals surface area contributed by atoms with Gasteiger partial charge in [0.25, 0.3) is 5.91 Å². The Morgan fingerprint density at radius 1 is 1.12 bits per heavy atom. The van der Waals surface area contributed by atoms with Crippen molar-refractivity contribution in [1.82, 2.24) is 4.31 Å². The first-order valence-corrected chi connectivity index (χ1v) is 8.43. The third kappa shape index (κ3) is 3.72. The molecule has 0 aliphatic rings. The van der Waals surface area contributed by atoms with E-state index in [0.717, 1.165) is 34.6 Å². The molecule has 24 heavy (non-hydrogen) atoms. The Kier molecular flexibility index (Phi) is 5.22. The second-order valence-corrected chi connectivity index (χ2v) is 7.54. The van der Waals surface area contributed by atoms with Gasteiger partial charge in [-0.3, -0.25) is 4.79 Å². The number of carbonyl (C=O) groups excluding carboxylic acids is 1. The summed E-state index contributed by atoms with van der Waals surface area (Å²) in [6.07, 6.45) is 0. The fraction of sp³-hybridized carbons (Fsp3) is 0.133. The van der Waals surface area contributed by atoms with E-state index in [2.05, 4.69) is 5.32 Å². The second-order valence-electron chi connectivity index (χ2n) is 5.01. The lowest BCUT2D eigenvalue weighted by Crippen LogP contribution is -2.24. The van der Waals surface area contributed by atoms with Gasteiger partial charge in [-0.05, 0) is 36.4 Å². The van der Waals surface area contributed by atoms with Crippen molar-refractivity contribution in [2.45, 2.75) is 4.90 Å². The molecule has 0 atom stereocenters. The van der Waals surface area contributed by atoms with E-state index in [9.17, 15) is 22.0 Å². The predicted molar refractivity (Wildman–Crippen MR) is 86.6 cm³/mol. The topological polar surface area (TPSA) is 66.5 Å². The average molecular weight is 375 g/mol. The number of rotatable bonds is 4. The number of carbonyl (C=O) groups is 1. The smallest absolute Gasteiger partial charge is 0.255 e. The van der Waals surface area contributed by atoms with E-state index in [-0.39, 0.29) is 16.3 Å². The largest absolute Gasteiger partial charge is 0.321 e. The van der Waals surface area contributed by atoms with Crippen LogP contribution in [-0.2, 0) is 10.0 Å². The van der Waals surface area contributed by atoms with Crippen LogP contribution in [0, 0.1) is 11.6 Å². The fourth-order valence-electron chi connectivity index (χ4n) is 1.82. The van der Waals surface area contributed by atoms with Crippen LogP contribution in [-0.4, -0.2) is 32.7 Å². The van der Waals surface area contributed by atoms with E-state index in [1.807, 2.05) is 0 Å². The number of hydrogen-bond donors (Lipinski definition) is 1. The maximum atomic E-state index is 13.8. The van der Waals surface area contributed by atoms with E-state index in [1.54, 1.807) is 0 Å². The van der Waals surface area contributed by atoms with Crippen molar-refractivity contribution in [3.8, 4) is 0 Å². The maximum absolute atomic E-state index is 13.8. The normalized spacial score (nSPS) is 11.6. The molecule has 0 saturated carbocycles. The lowest BCUT2D eigenvalue weighted by atomic mass is 10.2. The van der Waals surface area contributed by atoms with Crippen molar-refractivity contribution in [3.63, 3.8) is 0 Å². The van der Waals surface area contributed by atoms with E-state index in [1.165, 1.54) is 20.2 Å². The molecule has 0 heterocycles. The molecule has 0 unspecified atom stereocenters. The van der Waals surface area contributed by atoms with Gasteiger partial charge in [-0.2, -0.15) is 0 Å². The van der Waals surface area contributed by atoms with Crippen LogP contribution in [0.4, 0.5) is 14.5 Å². The molecule has 0 saturated heterocycles. The van der Waals surface area contributed by atoms with Crippen LogP contribution in [0.2, 0.25) is 5.02 Å². The van der Waals surface area contributed by atoms with Crippen LogP contribution in [0.15, 0.2) is 41.3 Å². The van der Waals surface area contributed by atoms with Gasteiger partial charge in [0, 0.05) is 19.7 Å². The first kappa shape index (κ1) is 18.3. The molecule has 9 heteroatoms. The van der Waals surface area contributed by atoms with Crippen molar-refractivity contribution >= 4 is 33.2 Å². The molecule has 0 radical (unpaired) electrons. The zero-order valence-corrected chi connectivity index (χ0v) is 14.3. The van der Waals surface area contributed by atoms with Crippen LogP contribution in [0.1, 0.15) is 10.4 Å². The van der Waals surface area contributed by atoms with Crippen LogP contribution in [0.3, 0.4) is 0 Å². The third-order valence-corrected chi connectivity index (χ3v) is 5.27. The number of sulfonamides is 1. The Morgan fingerprint density at radius 3 is 2.38 bits per heavy atom. The molecule has 0 spiro atoms. The average Bonchev–Trinajstić information content (AvgIpc) is 2.50. The summed E-state index contributed by atoms with van der Waals surface area (Å²) in [5.41, 5.74) is 0.0571. The highest BCUT2D eigenvalue weighted by Crippen LogP contribution is 2.24. The van der Waals surface area contributed by atoms with Gasteiger partial charge in [-0.1, -0.05) is 11.6 Å². The molecular weight excluding hydrogens is 362 g/mol. The van der Waals surface area contributed by atoms with Gasteiger partial charge in [-0.15, -0.1) is 0 Å². The van der Waals surface area contributed by atoms with Crippen LogP contribution in [0.5, 0.6) is 0 Å². The van der Waals surface area contributed by atoms with Gasteiger partial charge < -0.3 is 5.32 Å². The molecular formula is C15H13ClF2N2O3S. The van der Waals surface area contributed by atoms with E-state index >= 15 is 0 Å². The molecule has 0 bridgehead atoms. The van der Waals surface area contributed by atoms with Crippen molar-refractivity contribution in [2.24, 2.45) is 0 Å². The summed E-state index contributed by atoms with van der Waals surface area (Å²) >= 11 is 5.81. The molecule has 2 aromatic rings. The minimum absolute atomic E-state index is 0.0217. The summed E-state index contributed by atoms with van der Waals surface area (Å²) in [5, 5.41) is 2.39. The molecule has 0 aliphatic carbocycles. The highest BCUT2D eigenvalue weighted by Gasteiger charge is 2.23. The van der Waals surface area contributed by atoms with Crippen LogP contribution >= 0.6 is 11.6 Å². The number of nitrogens with one attached hydrogen (secondary N) is 1. The SMILES string of the molecule is CN(C)S(=O)(=O)c1cc(C(=O)Nc2ccc(F)cc2Cl)ccc1F. The number of amides is 1. The van der Waals surface area contributed by atoms with E-state index < -0.39 is 32.5 Å². The molecule has 0 aromatic heterocycles. The molecule has 5 nitrogen and oxygen atoms in total. The summed E-state index contributed by atoms with van der Waals surface area (Å²) in [4.78, 5) is 11.6. The number of benzene rings is 2. The van der Waals surface area contributed by atoms with Gasteiger partial charge in [-0.25, -0.2) is 21.5 Å². The summed E-state index contributed by atoms with van der Waals surface area (Å²) < 4.78 is 51.8. The number of nitrogens with zero attached hydrogens (tertiary/aromatic N) is 1. The monoisotopic (exact) mass is 374 g/mol. The zero-order valence-electron chi connectivity index (χ0n) is 12.7. The van der Waals surface area contributed by atoms with Crippen LogP contribution < -0.4 is 5.32 Å². The van der Waals surface area contributed by atoms with Gasteiger partial charge in [0.15, 0.2) is 0 Å². The van der Waals surface area contributed by atoms with Gasteiger partial charge in [0.05, 0.1) is 10.7 Å². The lowest BCUT2D eigenvalue weighted by Gasteiger charge is -2.13. The molecule has 128 valence electrons. The Hall–Kier alpha value is -2.03. The predicted octanol–water partition coefficient (Wildman–Crippen LogP) is 3.12. The lowest BCUT2D eigenvalue weighted by molar-refractivity contribution is 0.102. The Labute approximate surface area is 142 Å². The zero-order chi connectivity index (χ0) is 18.1. The standard InChI is InChI=1S/C15H13ClF2N2O3S/c1-20(2)24(22,23)14-7-9(3-5-12(14)18)15(21)19-13-6-4-10(17)8-11(13)16/h3-8H,1-2H3,(H,19,21).